The number of methoxy groups -OCH3 is 2. The number of ether oxygens (including phenoxy) is 3. The molecule has 0 saturated heterocycles. The number of anilines is 1. The van der Waals surface area contributed by atoms with Gasteiger partial charge in [0.1, 0.15) is 5.75 Å². The molecule has 0 saturated carbocycles. The van der Waals surface area contributed by atoms with Gasteiger partial charge < -0.3 is 19.5 Å². The Kier molecular flexibility index (Phi) is 7.02. The van der Waals surface area contributed by atoms with E-state index in [1.165, 1.54) is 7.11 Å². The van der Waals surface area contributed by atoms with Crippen LogP contribution in [0.25, 0.3) is 0 Å². The molecule has 0 heterocycles. The van der Waals surface area contributed by atoms with Crippen molar-refractivity contribution in [2.75, 3.05) is 26.1 Å². The maximum atomic E-state index is 11.8. The van der Waals surface area contributed by atoms with E-state index in [0.29, 0.717) is 12.2 Å². The van der Waals surface area contributed by atoms with Gasteiger partial charge in [0, 0.05) is 5.69 Å². The first-order chi connectivity index (χ1) is 12.6. The quantitative estimate of drug-likeness (QED) is 0.728. The maximum absolute atomic E-state index is 11.8. The van der Waals surface area contributed by atoms with Gasteiger partial charge >= 0.3 is 11.9 Å². The number of carbonyl (C=O) groups excluding carboxylic acids is 2. The molecule has 0 aliphatic carbocycles. The van der Waals surface area contributed by atoms with Crippen molar-refractivity contribution in [2.45, 2.75) is 19.4 Å². The zero-order valence-electron chi connectivity index (χ0n) is 15.2. The van der Waals surface area contributed by atoms with E-state index < -0.39 is 0 Å². The minimum absolute atomic E-state index is 0.154. The van der Waals surface area contributed by atoms with Crippen LogP contribution in [0.3, 0.4) is 0 Å². The van der Waals surface area contributed by atoms with Crippen LogP contribution in [0.2, 0.25) is 0 Å². The summed E-state index contributed by atoms with van der Waals surface area (Å²) in [4.78, 5) is 23.6. The second kappa shape index (κ2) is 9.46. The lowest BCUT2D eigenvalue weighted by Crippen LogP contribution is -2.16. The Morgan fingerprint density at radius 2 is 1.65 bits per heavy atom. The molecule has 0 radical (unpaired) electrons. The average Bonchev–Trinajstić information content (AvgIpc) is 2.68. The van der Waals surface area contributed by atoms with Crippen LogP contribution in [-0.4, -0.2) is 32.8 Å². The Balaban J connectivity index is 2.20. The summed E-state index contributed by atoms with van der Waals surface area (Å²) in [5.41, 5.74) is 2.17. The topological polar surface area (TPSA) is 73.9 Å². The van der Waals surface area contributed by atoms with Crippen LogP contribution in [-0.2, 0) is 14.3 Å². The number of nitrogens with one attached hydrogen (secondary N) is 1. The monoisotopic (exact) mass is 357 g/mol. The van der Waals surface area contributed by atoms with Crippen LogP contribution in [0.4, 0.5) is 5.69 Å². The highest BCUT2D eigenvalue weighted by molar-refractivity contribution is 5.89. The Hall–Kier alpha value is -3.02. The highest BCUT2D eigenvalue weighted by atomic mass is 16.5. The van der Waals surface area contributed by atoms with Crippen LogP contribution >= 0.6 is 0 Å². The van der Waals surface area contributed by atoms with Gasteiger partial charge in [-0.05, 0) is 48.9 Å². The smallest absolute Gasteiger partial charge is 0.338 e. The number of hydrogen-bond acceptors (Lipinski definition) is 6. The predicted molar refractivity (Wildman–Crippen MR) is 98.4 cm³/mol. The molecule has 26 heavy (non-hydrogen) atoms. The number of rotatable bonds is 8. The molecule has 0 amide bonds. The molecule has 6 heteroatoms. The van der Waals surface area contributed by atoms with Gasteiger partial charge in [-0.3, -0.25) is 4.79 Å². The first-order valence-electron chi connectivity index (χ1n) is 8.31. The number of hydrogen-bond donors (Lipinski definition) is 1. The van der Waals surface area contributed by atoms with Crippen LogP contribution < -0.4 is 10.1 Å². The molecule has 0 fully saturated rings. The molecule has 0 aliphatic heterocycles. The van der Waals surface area contributed by atoms with Crippen molar-refractivity contribution in [3.05, 3.63) is 59.7 Å². The molecule has 138 valence electrons. The SMILES string of the molecule is CCOC(=O)c1ccc(C(CC(=O)OC)Nc2ccc(OC)cc2)cc1. The summed E-state index contributed by atoms with van der Waals surface area (Å²) in [5.74, 6) is 0.0519. The van der Waals surface area contributed by atoms with E-state index in [2.05, 4.69) is 5.32 Å². The van der Waals surface area contributed by atoms with Crippen molar-refractivity contribution in [3.8, 4) is 5.75 Å². The summed E-state index contributed by atoms with van der Waals surface area (Å²) in [6.07, 6.45) is 0.154. The molecule has 1 unspecified atom stereocenters. The second-order valence-corrected chi connectivity index (χ2v) is 5.55. The second-order valence-electron chi connectivity index (χ2n) is 5.55. The summed E-state index contributed by atoms with van der Waals surface area (Å²) in [6, 6.07) is 14.1. The molecule has 1 atom stereocenters. The van der Waals surface area contributed by atoms with E-state index in [4.69, 9.17) is 14.2 Å². The normalized spacial score (nSPS) is 11.3. The largest absolute Gasteiger partial charge is 0.497 e. The van der Waals surface area contributed by atoms with Gasteiger partial charge in [-0.1, -0.05) is 12.1 Å². The zero-order valence-corrected chi connectivity index (χ0v) is 15.2. The summed E-state index contributed by atoms with van der Waals surface area (Å²) in [7, 11) is 2.96. The van der Waals surface area contributed by atoms with Gasteiger partial charge in [0.25, 0.3) is 0 Å². The average molecular weight is 357 g/mol. The number of esters is 2. The Bertz CT molecular complexity index is 725. The lowest BCUT2D eigenvalue weighted by Gasteiger charge is -2.20. The van der Waals surface area contributed by atoms with E-state index >= 15 is 0 Å². The van der Waals surface area contributed by atoms with Gasteiger partial charge in [-0.15, -0.1) is 0 Å². The maximum Gasteiger partial charge on any atom is 0.338 e. The Labute approximate surface area is 153 Å². The summed E-state index contributed by atoms with van der Waals surface area (Å²) >= 11 is 0. The third kappa shape index (κ3) is 5.24. The van der Waals surface area contributed by atoms with Crippen molar-refractivity contribution in [1.29, 1.82) is 0 Å². The fraction of sp³-hybridized carbons (Fsp3) is 0.300. The molecule has 1 N–H and O–H groups in total. The van der Waals surface area contributed by atoms with E-state index in [9.17, 15) is 9.59 Å². The molecule has 2 rings (SSSR count). The van der Waals surface area contributed by atoms with Gasteiger partial charge in [-0.25, -0.2) is 4.79 Å². The highest BCUT2D eigenvalue weighted by Crippen LogP contribution is 2.25. The molecule has 0 bridgehead atoms. The van der Waals surface area contributed by atoms with E-state index in [1.807, 2.05) is 24.3 Å². The lowest BCUT2D eigenvalue weighted by atomic mass is 10.0. The molecular formula is C20H23NO5. The van der Waals surface area contributed by atoms with Crippen LogP contribution in [0.15, 0.2) is 48.5 Å². The van der Waals surface area contributed by atoms with Crippen LogP contribution in [0.1, 0.15) is 35.3 Å². The summed E-state index contributed by atoms with van der Waals surface area (Å²) in [6.45, 7) is 2.09. The van der Waals surface area contributed by atoms with Crippen molar-refractivity contribution in [3.63, 3.8) is 0 Å². The van der Waals surface area contributed by atoms with Crippen molar-refractivity contribution < 1.29 is 23.8 Å². The highest BCUT2D eigenvalue weighted by Gasteiger charge is 2.17. The molecule has 0 spiro atoms. The summed E-state index contributed by atoms with van der Waals surface area (Å²) in [5, 5.41) is 3.31. The first kappa shape index (κ1) is 19.3. The third-order valence-corrected chi connectivity index (χ3v) is 3.85. The van der Waals surface area contributed by atoms with E-state index in [-0.39, 0.29) is 24.4 Å². The summed E-state index contributed by atoms with van der Waals surface area (Å²) < 4.78 is 14.9. The van der Waals surface area contributed by atoms with Crippen LogP contribution in [0.5, 0.6) is 5.75 Å². The number of benzene rings is 2. The van der Waals surface area contributed by atoms with Crippen molar-refractivity contribution in [2.24, 2.45) is 0 Å². The Morgan fingerprint density at radius 1 is 1.00 bits per heavy atom. The first-order valence-corrected chi connectivity index (χ1v) is 8.31. The van der Waals surface area contributed by atoms with Gasteiger partial charge in [-0.2, -0.15) is 0 Å². The van der Waals surface area contributed by atoms with Crippen molar-refractivity contribution in [1.82, 2.24) is 0 Å². The minimum Gasteiger partial charge on any atom is -0.497 e. The van der Waals surface area contributed by atoms with Gasteiger partial charge in [0.2, 0.25) is 0 Å². The van der Waals surface area contributed by atoms with Gasteiger partial charge in [0.05, 0.1) is 38.9 Å². The van der Waals surface area contributed by atoms with Crippen LogP contribution in [0, 0.1) is 0 Å². The predicted octanol–water partition coefficient (Wildman–Crippen LogP) is 3.59. The molecule has 6 nitrogen and oxygen atoms in total. The standard InChI is InChI=1S/C20H23NO5/c1-4-26-20(23)15-7-5-14(6-8-15)18(13-19(22)25-3)21-16-9-11-17(24-2)12-10-16/h5-12,18,21H,4,13H2,1-3H3. The number of carbonyl (C=O) groups is 2. The molecule has 2 aromatic carbocycles. The fourth-order valence-corrected chi connectivity index (χ4v) is 2.46. The van der Waals surface area contributed by atoms with Gasteiger partial charge in [0.15, 0.2) is 0 Å². The molecule has 0 aromatic heterocycles. The van der Waals surface area contributed by atoms with E-state index in [1.54, 1.807) is 38.3 Å². The zero-order chi connectivity index (χ0) is 18.9. The Morgan fingerprint density at radius 3 is 2.19 bits per heavy atom. The van der Waals surface area contributed by atoms with E-state index in [0.717, 1.165) is 17.0 Å². The third-order valence-electron chi connectivity index (χ3n) is 3.85. The molecular weight excluding hydrogens is 334 g/mol. The molecule has 0 aliphatic rings. The van der Waals surface area contributed by atoms with Crippen molar-refractivity contribution >= 4 is 17.6 Å². The molecule has 2 aromatic rings. The fourth-order valence-electron chi connectivity index (χ4n) is 2.46. The lowest BCUT2D eigenvalue weighted by molar-refractivity contribution is -0.140. The minimum atomic E-state index is -0.369.